The van der Waals surface area contributed by atoms with Gasteiger partial charge in [-0.2, -0.15) is 0 Å². The second kappa shape index (κ2) is 5.68. The Kier molecular flexibility index (Phi) is 3.98. The van der Waals surface area contributed by atoms with Crippen LogP contribution in [-0.2, 0) is 11.2 Å². The van der Waals surface area contributed by atoms with E-state index in [1.807, 2.05) is 24.3 Å². The summed E-state index contributed by atoms with van der Waals surface area (Å²) in [5.41, 5.74) is 1.96. The Bertz CT molecular complexity index is 389. The molecule has 0 aromatic heterocycles. The lowest BCUT2D eigenvalue weighted by Gasteiger charge is -2.11. The molecule has 1 saturated carbocycles. The van der Waals surface area contributed by atoms with Crippen molar-refractivity contribution in [3.8, 4) is 0 Å². The monoisotopic (exact) mass is 234 g/mol. The van der Waals surface area contributed by atoms with Crippen LogP contribution in [-0.4, -0.2) is 25.8 Å². The van der Waals surface area contributed by atoms with Crippen molar-refractivity contribution in [2.75, 3.05) is 19.0 Å². The topological polar surface area (TPSA) is 50.4 Å². The molecule has 4 heteroatoms. The molecule has 0 spiro atoms. The van der Waals surface area contributed by atoms with E-state index in [4.69, 9.17) is 4.74 Å². The normalized spacial score (nSPS) is 14.4. The summed E-state index contributed by atoms with van der Waals surface area (Å²) in [5.74, 6) is 0. The van der Waals surface area contributed by atoms with Crippen molar-refractivity contribution in [1.29, 1.82) is 0 Å². The molecule has 92 valence electrons. The first kappa shape index (κ1) is 11.9. The Morgan fingerprint density at radius 1 is 1.41 bits per heavy atom. The lowest BCUT2D eigenvalue weighted by atomic mass is 10.1. The van der Waals surface area contributed by atoms with Crippen LogP contribution in [0.2, 0.25) is 0 Å². The number of carbonyl (C=O) groups excluding carboxylic acids is 1. The molecular formula is C13H18N2O2. The molecule has 1 aliphatic rings. The van der Waals surface area contributed by atoms with Crippen LogP contribution in [0.4, 0.5) is 10.5 Å². The number of benzene rings is 1. The summed E-state index contributed by atoms with van der Waals surface area (Å²) in [4.78, 5) is 11.6. The number of amides is 2. The highest BCUT2D eigenvalue weighted by Gasteiger charge is 2.23. The Balaban J connectivity index is 1.95. The van der Waals surface area contributed by atoms with E-state index in [1.54, 1.807) is 7.11 Å². The predicted molar refractivity (Wildman–Crippen MR) is 67.2 cm³/mol. The average Bonchev–Trinajstić information content (AvgIpc) is 3.11. The van der Waals surface area contributed by atoms with Crippen LogP contribution in [0.25, 0.3) is 0 Å². The van der Waals surface area contributed by atoms with Crippen molar-refractivity contribution < 1.29 is 9.53 Å². The number of hydrogen-bond donors (Lipinski definition) is 2. The Labute approximate surface area is 101 Å². The number of ether oxygens (including phenoxy) is 1. The summed E-state index contributed by atoms with van der Waals surface area (Å²) in [6, 6.07) is 8.07. The van der Waals surface area contributed by atoms with Gasteiger partial charge < -0.3 is 15.4 Å². The number of rotatable bonds is 5. The molecule has 0 saturated heterocycles. The largest absolute Gasteiger partial charge is 0.384 e. The second-order valence-electron chi connectivity index (χ2n) is 4.27. The van der Waals surface area contributed by atoms with Crippen molar-refractivity contribution in [3.05, 3.63) is 29.8 Å². The Hall–Kier alpha value is -1.55. The molecular weight excluding hydrogens is 216 g/mol. The zero-order valence-electron chi connectivity index (χ0n) is 10.0. The summed E-state index contributed by atoms with van der Waals surface area (Å²) in [6.45, 7) is 0.656. The first-order chi connectivity index (χ1) is 8.29. The summed E-state index contributed by atoms with van der Waals surface area (Å²) >= 11 is 0. The minimum absolute atomic E-state index is 0.114. The zero-order valence-corrected chi connectivity index (χ0v) is 10.0. The van der Waals surface area contributed by atoms with Gasteiger partial charge in [0.25, 0.3) is 0 Å². The van der Waals surface area contributed by atoms with E-state index in [0.29, 0.717) is 12.6 Å². The molecule has 2 amide bonds. The summed E-state index contributed by atoms with van der Waals surface area (Å²) in [6.07, 6.45) is 2.99. The molecule has 0 unspecified atom stereocenters. The van der Waals surface area contributed by atoms with Crippen LogP contribution in [0.5, 0.6) is 0 Å². The van der Waals surface area contributed by atoms with Crippen LogP contribution in [0.15, 0.2) is 24.3 Å². The van der Waals surface area contributed by atoms with Gasteiger partial charge in [0.15, 0.2) is 0 Å². The summed E-state index contributed by atoms with van der Waals surface area (Å²) in [5, 5.41) is 5.79. The van der Waals surface area contributed by atoms with Gasteiger partial charge in [-0.05, 0) is 30.9 Å². The molecule has 2 N–H and O–H groups in total. The fourth-order valence-corrected chi connectivity index (χ4v) is 1.64. The van der Waals surface area contributed by atoms with Crippen LogP contribution in [0.1, 0.15) is 18.4 Å². The fourth-order valence-electron chi connectivity index (χ4n) is 1.64. The van der Waals surface area contributed by atoms with Gasteiger partial charge in [0.1, 0.15) is 0 Å². The highest BCUT2D eigenvalue weighted by molar-refractivity contribution is 5.90. The summed E-state index contributed by atoms with van der Waals surface area (Å²) < 4.78 is 5.05. The first-order valence-electron chi connectivity index (χ1n) is 5.94. The Morgan fingerprint density at radius 2 is 2.18 bits per heavy atom. The third-order valence-electron chi connectivity index (χ3n) is 2.75. The molecule has 1 aromatic carbocycles. The Morgan fingerprint density at radius 3 is 2.88 bits per heavy atom. The molecule has 0 heterocycles. The highest BCUT2D eigenvalue weighted by atomic mass is 16.5. The maximum absolute atomic E-state index is 11.6. The van der Waals surface area contributed by atoms with Crippen molar-refractivity contribution in [2.24, 2.45) is 0 Å². The van der Waals surface area contributed by atoms with Crippen molar-refractivity contribution in [2.45, 2.75) is 25.3 Å². The minimum Gasteiger partial charge on any atom is -0.384 e. The molecule has 0 atom stereocenters. The quantitative estimate of drug-likeness (QED) is 0.820. The third-order valence-corrected chi connectivity index (χ3v) is 2.75. The smallest absolute Gasteiger partial charge is 0.319 e. The van der Waals surface area contributed by atoms with E-state index in [1.165, 1.54) is 0 Å². The van der Waals surface area contributed by atoms with Gasteiger partial charge in [-0.25, -0.2) is 4.79 Å². The standard InChI is InChI=1S/C13H18N2O2/c1-17-9-8-10-4-2-3-5-12(10)15-13(16)14-11-6-7-11/h2-5,11H,6-9H2,1H3,(H2,14,15,16). The number of nitrogens with one attached hydrogen (secondary N) is 2. The van der Waals surface area contributed by atoms with Gasteiger partial charge >= 0.3 is 6.03 Å². The van der Waals surface area contributed by atoms with Gasteiger partial charge in [0.2, 0.25) is 0 Å². The first-order valence-corrected chi connectivity index (χ1v) is 5.94. The summed E-state index contributed by atoms with van der Waals surface area (Å²) in [7, 11) is 1.68. The molecule has 2 rings (SSSR count). The van der Waals surface area contributed by atoms with Crippen molar-refractivity contribution >= 4 is 11.7 Å². The maximum atomic E-state index is 11.6. The average molecular weight is 234 g/mol. The van der Waals surface area contributed by atoms with Gasteiger partial charge in [0, 0.05) is 18.8 Å². The van der Waals surface area contributed by atoms with Crippen LogP contribution >= 0.6 is 0 Å². The van der Waals surface area contributed by atoms with Crippen molar-refractivity contribution in [3.63, 3.8) is 0 Å². The molecule has 1 aliphatic carbocycles. The molecule has 17 heavy (non-hydrogen) atoms. The maximum Gasteiger partial charge on any atom is 0.319 e. The van der Waals surface area contributed by atoms with E-state index in [2.05, 4.69) is 10.6 Å². The van der Waals surface area contributed by atoms with Gasteiger partial charge in [-0.3, -0.25) is 0 Å². The number of hydrogen-bond acceptors (Lipinski definition) is 2. The molecule has 1 aromatic rings. The fraction of sp³-hybridized carbons (Fsp3) is 0.462. The molecule has 0 bridgehead atoms. The highest BCUT2D eigenvalue weighted by Crippen LogP contribution is 2.20. The SMILES string of the molecule is COCCc1ccccc1NC(=O)NC1CC1. The number of para-hydroxylation sites is 1. The van der Waals surface area contributed by atoms with Crippen LogP contribution in [0.3, 0.4) is 0 Å². The lowest BCUT2D eigenvalue weighted by molar-refractivity contribution is 0.202. The van der Waals surface area contributed by atoms with E-state index in [0.717, 1.165) is 30.5 Å². The number of anilines is 1. The van der Waals surface area contributed by atoms with E-state index >= 15 is 0 Å². The van der Waals surface area contributed by atoms with Gasteiger partial charge in [0.05, 0.1) is 6.61 Å². The van der Waals surface area contributed by atoms with Gasteiger partial charge in [-0.15, -0.1) is 0 Å². The third kappa shape index (κ3) is 3.75. The number of carbonyl (C=O) groups is 1. The van der Waals surface area contributed by atoms with Crippen LogP contribution in [0, 0.1) is 0 Å². The molecule has 1 fully saturated rings. The predicted octanol–water partition coefficient (Wildman–Crippen LogP) is 2.16. The van der Waals surface area contributed by atoms with Crippen LogP contribution < -0.4 is 10.6 Å². The van der Waals surface area contributed by atoms with Crippen molar-refractivity contribution in [1.82, 2.24) is 5.32 Å². The zero-order chi connectivity index (χ0) is 12.1. The second-order valence-corrected chi connectivity index (χ2v) is 4.27. The number of methoxy groups -OCH3 is 1. The van der Waals surface area contributed by atoms with E-state index in [-0.39, 0.29) is 6.03 Å². The minimum atomic E-state index is -0.114. The van der Waals surface area contributed by atoms with Gasteiger partial charge in [-0.1, -0.05) is 18.2 Å². The molecule has 0 radical (unpaired) electrons. The van der Waals surface area contributed by atoms with E-state index in [9.17, 15) is 4.79 Å². The molecule has 4 nitrogen and oxygen atoms in total. The molecule has 0 aliphatic heterocycles. The van der Waals surface area contributed by atoms with E-state index < -0.39 is 0 Å². The lowest BCUT2D eigenvalue weighted by Crippen LogP contribution is -2.30. The number of urea groups is 1.